The van der Waals surface area contributed by atoms with Crippen LogP contribution in [0.4, 0.5) is 74.6 Å². The summed E-state index contributed by atoms with van der Waals surface area (Å²) in [5.41, 5.74) is -0.0144. The van der Waals surface area contributed by atoms with Crippen molar-refractivity contribution in [2.24, 2.45) is 0 Å². The fourth-order valence-corrected chi connectivity index (χ4v) is 2.90. The molecule has 0 aliphatic rings. The molecule has 222 valence electrons. The number of ether oxygens (including phenoxy) is 2. The predicted octanol–water partition coefficient (Wildman–Crippen LogP) is 8.04. The molecule has 1 aromatic rings. The van der Waals surface area contributed by atoms with E-state index in [4.69, 9.17) is 9.47 Å². The molecule has 0 radical (unpaired) electrons. The average Bonchev–Trinajstić information content (AvgIpc) is 2.77. The number of hydrogen-bond donors (Lipinski definition) is 0. The lowest BCUT2D eigenvalue weighted by Crippen LogP contribution is -2.74. The van der Waals surface area contributed by atoms with E-state index in [-0.39, 0.29) is 17.1 Å². The van der Waals surface area contributed by atoms with Crippen LogP contribution in [0, 0.1) is 0 Å². The van der Waals surface area contributed by atoms with Crippen LogP contribution in [-0.4, -0.2) is 61.9 Å². The minimum atomic E-state index is -8.62. The maximum absolute atomic E-state index is 13.9. The Kier molecular flexibility index (Phi) is 8.84. The number of aryl methyl sites for hydroxylation is 1. The molecule has 0 saturated carbocycles. The van der Waals surface area contributed by atoms with Gasteiger partial charge in [0.1, 0.15) is 0 Å². The average molecular weight is 598 g/mol. The number of rotatable bonds is 12. The summed E-state index contributed by atoms with van der Waals surface area (Å²) in [6.45, 7) is 0. The van der Waals surface area contributed by atoms with Crippen LogP contribution in [-0.2, 0) is 6.42 Å². The monoisotopic (exact) mass is 598 g/mol. The Morgan fingerprint density at radius 1 is 0.526 bits per heavy atom. The van der Waals surface area contributed by atoms with E-state index in [1.807, 2.05) is 0 Å². The maximum atomic E-state index is 13.9. The van der Waals surface area contributed by atoms with Gasteiger partial charge in [0.2, 0.25) is 0 Å². The quantitative estimate of drug-likeness (QED) is 0.227. The molecule has 0 aliphatic carbocycles. The van der Waals surface area contributed by atoms with Gasteiger partial charge >= 0.3 is 47.6 Å². The van der Waals surface area contributed by atoms with Gasteiger partial charge in [0.25, 0.3) is 0 Å². The summed E-state index contributed by atoms with van der Waals surface area (Å²) in [5, 5.41) is 0. The lowest BCUT2D eigenvalue weighted by molar-refractivity contribution is -0.461. The van der Waals surface area contributed by atoms with Crippen molar-refractivity contribution in [3.63, 3.8) is 0 Å². The molecule has 0 saturated heterocycles. The summed E-state index contributed by atoms with van der Waals surface area (Å²) in [7, 11) is 2.29. The van der Waals surface area contributed by atoms with Crippen molar-refractivity contribution in [2.45, 2.75) is 66.9 Å². The molecule has 0 spiro atoms. The lowest BCUT2D eigenvalue weighted by atomic mass is 9.87. The molecule has 0 bridgehead atoms. The summed E-state index contributed by atoms with van der Waals surface area (Å²) < 4.78 is 235. The third-order valence-electron chi connectivity index (χ3n) is 5.19. The molecular weight excluding hydrogens is 583 g/mol. The Morgan fingerprint density at radius 2 is 0.921 bits per heavy atom. The Balaban J connectivity index is 3.32. The van der Waals surface area contributed by atoms with Gasteiger partial charge in [-0.3, -0.25) is 0 Å². The first kappa shape index (κ1) is 33.7. The van der Waals surface area contributed by atoms with Gasteiger partial charge in [0.15, 0.2) is 11.5 Å². The van der Waals surface area contributed by atoms with Gasteiger partial charge in [0, 0.05) is 6.42 Å². The summed E-state index contributed by atoms with van der Waals surface area (Å²) in [6, 6.07) is 3.39. The zero-order valence-corrected chi connectivity index (χ0v) is 18.6. The molecule has 0 unspecified atom stereocenters. The first-order valence-corrected chi connectivity index (χ1v) is 9.63. The summed E-state index contributed by atoms with van der Waals surface area (Å²) in [5.74, 6) is -56.1. The Labute approximate surface area is 201 Å². The fourth-order valence-electron chi connectivity index (χ4n) is 2.90. The zero-order chi connectivity index (χ0) is 30.4. The van der Waals surface area contributed by atoms with E-state index in [1.54, 1.807) is 0 Å². The standard InChI is InChI=1S/C19H15F17O2/c1-37-10-6-5-9(8-11(10)38-2)4-3-7-12(20,21)13(22,23)14(24,25)15(26,27)16(28,29)17(30,31)18(32,33)19(34,35)36/h5-6,8H,3-4,7H2,1-2H3. The third kappa shape index (κ3) is 5.00. The normalized spacial score (nSPS) is 15.0. The first-order chi connectivity index (χ1) is 16.7. The summed E-state index contributed by atoms with van der Waals surface area (Å²) >= 11 is 0. The second kappa shape index (κ2) is 9.98. The second-order valence-corrected chi connectivity index (χ2v) is 7.69. The molecule has 0 amide bonds. The van der Waals surface area contributed by atoms with E-state index in [9.17, 15) is 74.6 Å². The Bertz CT molecular complexity index is 968. The van der Waals surface area contributed by atoms with Gasteiger partial charge < -0.3 is 9.47 Å². The van der Waals surface area contributed by atoms with E-state index >= 15 is 0 Å². The molecule has 0 aromatic heterocycles. The van der Waals surface area contributed by atoms with Gasteiger partial charge in [-0.1, -0.05) is 6.07 Å². The number of halogens is 17. The highest BCUT2D eigenvalue weighted by molar-refractivity contribution is 5.42. The Morgan fingerprint density at radius 3 is 1.32 bits per heavy atom. The molecule has 2 nitrogen and oxygen atoms in total. The van der Waals surface area contributed by atoms with Crippen LogP contribution in [0.3, 0.4) is 0 Å². The minimum Gasteiger partial charge on any atom is -0.493 e. The van der Waals surface area contributed by atoms with E-state index in [2.05, 4.69) is 0 Å². The molecule has 0 atom stereocenters. The number of methoxy groups -OCH3 is 2. The van der Waals surface area contributed by atoms with Crippen LogP contribution >= 0.6 is 0 Å². The zero-order valence-electron chi connectivity index (χ0n) is 18.6. The molecular formula is C19H15F17O2. The molecule has 0 aliphatic heterocycles. The van der Waals surface area contributed by atoms with E-state index in [0.717, 1.165) is 19.2 Å². The molecule has 38 heavy (non-hydrogen) atoms. The van der Waals surface area contributed by atoms with Crippen molar-refractivity contribution in [3.05, 3.63) is 23.8 Å². The van der Waals surface area contributed by atoms with Crippen LogP contribution < -0.4 is 9.47 Å². The lowest BCUT2D eigenvalue weighted by Gasteiger charge is -2.42. The smallest absolute Gasteiger partial charge is 0.460 e. The summed E-state index contributed by atoms with van der Waals surface area (Å²) in [4.78, 5) is 0. The van der Waals surface area contributed by atoms with Crippen LogP contribution in [0.1, 0.15) is 18.4 Å². The molecule has 0 heterocycles. The van der Waals surface area contributed by atoms with Gasteiger partial charge in [-0.05, 0) is 30.5 Å². The van der Waals surface area contributed by atoms with Crippen molar-refractivity contribution in [3.8, 4) is 11.5 Å². The SMILES string of the molecule is COc1ccc(CCCC(F)(F)C(F)(F)C(F)(F)C(F)(F)C(F)(F)C(F)(F)C(F)(F)C(F)(F)F)cc1OC. The third-order valence-corrected chi connectivity index (χ3v) is 5.19. The minimum absolute atomic E-state index is 0.0144. The highest BCUT2D eigenvalue weighted by Gasteiger charge is 2.95. The fraction of sp³-hybridized carbons (Fsp3) is 0.684. The highest BCUT2D eigenvalue weighted by atomic mass is 19.4. The van der Waals surface area contributed by atoms with Gasteiger partial charge in [-0.25, -0.2) is 0 Å². The van der Waals surface area contributed by atoms with Crippen molar-refractivity contribution in [2.75, 3.05) is 14.2 Å². The number of benzene rings is 1. The van der Waals surface area contributed by atoms with Gasteiger partial charge in [-0.2, -0.15) is 74.6 Å². The van der Waals surface area contributed by atoms with Gasteiger partial charge in [0.05, 0.1) is 14.2 Å². The van der Waals surface area contributed by atoms with E-state index < -0.39 is 66.9 Å². The molecule has 1 aromatic carbocycles. The van der Waals surface area contributed by atoms with Crippen molar-refractivity contribution >= 4 is 0 Å². The van der Waals surface area contributed by atoms with Crippen molar-refractivity contribution in [1.82, 2.24) is 0 Å². The summed E-state index contributed by atoms with van der Waals surface area (Å²) in [6.07, 6.45) is -12.2. The molecule has 0 N–H and O–H groups in total. The molecule has 1 rings (SSSR count). The Hall–Kier alpha value is -2.37. The van der Waals surface area contributed by atoms with Crippen molar-refractivity contribution in [1.29, 1.82) is 0 Å². The largest absolute Gasteiger partial charge is 0.493 e. The van der Waals surface area contributed by atoms with E-state index in [0.29, 0.717) is 0 Å². The van der Waals surface area contributed by atoms with E-state index in [1.165, 1.54) is 13.2 Å². The topological polar surface area (TPSA) is 18.5 Å². The van der Waals surface area contributed by atoms with Crippen LogP contribution in [0.2, 0.25) is 0 Å². The van der Waals surface area contributed by atoms with Crippen molar-refractivity contribution < 1.29 is 84.1 Å². The van der Waals surface area contributed by atoms with Crippen LogP contribution in [0.5, 0.6) is 11.5 Å². The molecule has 0 fully saturated rings. The number of alkyl halides is 17. The molecule has 19 heteroatoms. The highest BCUT2D eigenvalue weighted by Crippen LogP contribution is 2.64. The van der Waals surface area contributed by atoms with Crippen LogP contribution in [0.15, 0.2) is 18.2 Å². The predicted molar refractivity (Wildman–Crippen MR) is 93.2 cm³/mol. The maximum Gasteiger partial charge on any atom is 0.460 e. The number of hydrogen-bond acceptors (Lipinski definition) is 2. The first-order valence-electron chi connectivity index (χ1n) is 9.63. The second-order valence-electron chi connectivity index (χ2n) is 7.69. The van der Waals surface area contributed by atoms with Gasteiger partial charge in [-0.15, -0.1) is 0 Å². The van der Waals surface area contributed by atoms with Crippen LogP contribution in [0.25, 0.3) is 0 Å².